The van der Waals surface area contributed by atoms with E-state index in [0.717, 1.165) is 5.69 Å². The normalized spacial score (nSPS) is 11.6. The molecule has 0 bridgehead atoms. The summed E-state index contributed by atoms with van der Waals surface area (Å²) in [5.74, 6) is 0. The number of anilines is 3. The zero-order valence-corrected chi connectivity index (χ0v) is 31.4. The molecule has 258 valence electrons. The first-order valence-corrected chi connectivity index (χ1v) is 20.3. The number of hydrogen-bond acceptors (Lipinski definition) is 3. The third-order valence-corrected chi connectivity index (χ3v) is 13.2. The maximum atomic E-state index is 2.52. The summed E-state index contributed by atoms with van der Waals surface area (Å²) in [5, 5.41) is 7.58. The van der Waals surface area contributed by atoms with E-state index in [1.54, 1.807) is 0 Å². The zero-order chi connectivity index (χ0) is 36.3. The molecule has 0 N–H and O–H groups in total. The van der Waals surface area contributed by atoms with Gasteiger partial charge < -0.3 is 4.90 Å². The molecule has 11 aromatic rings. The second-order valence-electron chi connectivity index (χ2n) is 14.1. The maximum Gasteiger partial charge on any atom is 0.0640 e. The molecule has 0 aliphatic carbocycles. The van der Waals surface area contributed by atoms with E-state index in [-0.39, 0.29) is 0 Å². The monoisotopic (exact) mass is 735 g/mol. The molecule has 9 aromatic carbocycles. The first kappa shape index (κ1) is 32.0. The van der Waals surface area contributed by atoms with Crippen LogP contribution < -0.4 is 4.90 Å². The minimum Gasteiger partial charge on any atom is -0.308 e. The van der Waals surface area contributed by atoms with Gasteiger partial charge in [-0.05, 0) is 80.6 Å². The van der Waals surface area contributed by atoms with Crippen LogP contribution in [0, 0.1) is 0 Å². The summed E-state index contributed by atoms with van der Waals surface area (Å²) in [7, 11) is 0. The van der Waals surface area contributed by atoms with Crippen LogP contribution in [0.5, 0.6) is 0 Å². The Kier molecular flexibility index (Phi) is 7.61. The minimum absolute atomic E-state index is 1.14. The number of nitrogens with zero attached hydrogens (tertiary/aromatic N) is 1. The van der Waals surface area contributed by atoms with E-state index in [1.807, 2.05) is 22.7 Å². The molecular formula is C52H33NS2. The molecule has 0 saturated heterocycles. The van der Waals surface area contributed by atoms with Gasteiger partial charge in [-0.15, -0.1) is 22.7 Å². The summed E-state index contributed by atoms with van der Waals surface area (Å²) >= 11 is 3.79. The van der Waals surface area contributed by atoms with Gasteiger partial charge in [0.15, 0.2) is 0 Å². The summed E-state index contributed by atoms with van der Waals surface area (Å²) < 4.78 is 5.15. The van der Waals surface area contributed by atoms with Gasteiger partial charge in [-0.2, -0.15) is 0 Å². The molecular weight excluding hydrogens is 703 g/mol. The largest absolute Gasteiger partial charge is 0.308 e. The molecule has 0 fully saturated rings. The predicted molar refractivity (Wildman–Crippen MR) is 241 cm³/mol. The van der Waals surface area contributed by atoms with Crippen molar-refractivity contribution >= 4 is 90.9 Å². The third-order valence-electron chi connectivity index (χ3n) is 10.8. The quantitative estimate of drug-likeness (QED) is 0.164. The molecule has 0 saturated carbocycles. The van der Waals surface area contributed by atoms with Crippen LogP contribution in [0.1, 0.15) is 0 Å². The first-order chi connectivity index (χ1) is 27.3. The van der Waals surface area contributed by atoms with E-state index in [2.05, 4.69) is 205 Å². The van der Waals surface area contributed by atoms with E-state index in [4.69, 9.17) is 0 Å². The third kappa shape index (κ3) is 5.43. The van der Waals surface area contributed by atoms with Gasteiger partial charge in [-0.25, -0.2) is 0 Å². The fourth-order valence-electron chi connectivity index (χ4n) is 8.20. The van der Waals surface area contributed by atoms with Crippen LogP contribution in [0.25, 0.3) is 84.5 Å². The lowest BCUT2D eigenvalue weighted by Gasteiger charge is -2.28. The van der Waals surface area contributed by atoms with Crippen molar-refractivity contribution < 1.29 is 0 Å². The molecule has 2 aromatic heterocycles. The Morgan fingerprint density at radius 3 is 1.64 bits per heavy atom. The molecule has 0 aliphatic heterocycles. The summed E-state index contributed by atoms with van der Waals surface area (Å²) in [5.41, 5.74) is 10.9. The Hall–Kier alpha value is -6.52. The lowest BCUT2D eigenvalue weighted by atomic mass is 9.98. The fraction of sp³-hybridized carbons (Fsp3) is 0. The molecule has 0 unspecified atom stereocenters. The highest BCUT2D eigenvalue weighted by molar-refractivity contribution is 7.27. The second-order valence-corrected chi connectivity index (χ2v) is 16.2. The summed E-state index contributed by atoms with van der Waals surface area (Å²) in [4.78, 5) is 2.52. The van der Waals surface area contributed by atoms with E-state index >= 15 is 0 Å². The van der Waals surface area contributed by atoms with Gasteiger partial charge in [0.05, 0.1) is 16.1 Å². The van der Waals surface area contributed by atoms with Crippen molar-refractivity contribution in [2.45, 2.75) is 0 Å². The SMILES string of the molecule is c1ccc(-c2ccc3c(c2)sc2c(N(c4ccc5ccccc5c4)c4ccc(-c5ccccc5)c5sc6cc(-c7ccccc7)ccc6c45)cccc23)cc1. The van der Waals surface area contributed by atoms with Gasteiger partial charge in [0.2, 0.25) is 0 Å². The smallest absolute Gasteiger partial charge is 0.0640 e. The number of fused-ring (bicyclic) bond motifs is 7. The van der Waals surface area contributed by atoms with Gasteiger partial charge in [-0.1, -0.05) is 164 Å². The number of rotatable bonds is 6. The van der Waals surface area contributed by atoms with E-state index in [1.165, 1.54) is 95.9 Å². The molecule has 0 spiro atoms. The minimum atomic E-state index is 1.14. The van der Waals surface area contributed by atoms with Crippen LogP contribution in [0.2, 0.25) is 0 Å². The first-order valence-electron chi connectivity index (χ1n) is 18.7. The van der Waals surface area contributed by atoms with Crippen LogP contribution in [0.4, 0.5) is 17.1 Å². The summed E-state index contributed by atoms with van der Waals surface area (Å²) in [6, 6.07) is 73.4. The lowest BCUT2D eigenvalue weighted by molar-refractivity contribution is 1.33. The predicted octanol–water partition coefficient (Wildman–Crippen LogP) is 16.0. The standard InChI is InChI=1S/C52H33NS2/c1-4-13-34(14-5-1)39-24-27-43-44-21-12-22-47(51(44)54-48(43)32-39)53(41-26-23-36-17-10-11-20-38(36)31-41)46-30-29-42(37-18-8-3-9-19-37)52-50(46)45-28-25-40(33-49(45)55-52)35-15-6-2-7-16-35/h1-33H. The van der Waals surface area contributed by atoms with Crippen LogP contribution >= 0.6 is 22.7 Å². The van der Waals surface area contributed by atoms with Crippen molar-refractivity contribution in [3.63, 3.8) is 0 Å². The van der Waals surface area contributed by atoms with E-state index < -0.39 is 0 Å². The van der Waals surface area contributed by atoms with Crippen LogP contribution in [-0.2, 0) is 0 Å². The average Bonchev–Trinajstić information content (AvgIpc) is 3.83. The van der Waals surface area contributed by atoms with E-state index in [9.17, 15) is 0 Å². The summed E-state index contributed by atoms with van der Waals surface area (Å²) in [6.07, 6.45) is 0. The fourth-order valence-corrected chi connectivity index (χ4v) is 10.7. The maximum absolute atomic E-state index is 2.52. The van der Waals surface area contributed by atoms with Crippen molar-refractivity contribution in [2.75, 3.05) is 4.90 Å². The number of hydrogen-bond donors (Lipinski definition) is 0. The Balaban J connectivity index is 1.20. The van der Waals surface area contributed by atoms with E-state index in [0.29, 0.717) is 0 Å². The molecule has 0 atom stereocenters. The van der Waals surface area contributed by atoms with Gasteiger partial charge in [0.25, 0.3) is 0 Å². The van der Waals surface area contributed by atoms with Crippen molar-refractivity contribution in [1.29, 1.82) is 0 Å². The zero-order valence-electron chi connectivity index (χ0n) is 29.8. The highest BCUT2D eigenvalue weighted by Gasteiger charge is 2.24. The van der Waals surface area contributed by atoms with Gasteiger partial charge in [-0.3, -0.25) is 0 Å². The highest BCUT2D eigenvalue weighted by atomic mass is 32.1. The molecule has 55 heavy (non-hydrogen) atoms. The van der Waals surface area contributed by atoms with Gasteiger partial charge in [0.1, 0.15) is 0 Å². The van der Waals surface area contributed by atoms with Crippen LogP contribution in [0.3, 0.4) is 0 Å². The van der Waals surface area contributed by atoms with Crippen molar-refractivity contribution in [1.82, 2.24) is 0 Å². The average molecular weight is 736 g/mol. The summed E-state index contributed by atoms with van der Waals surface area (Å²) in [6.45, 7) is 0. The molecule has 0 radical (unpaired) electrons. The topological polar surface area (TPSA) is 3.24 Å². The van der Waals surface area contributed by atoms with Crippen molar-refractivity contribution in [2.24, 2.45) is 0 Å². The Labute approximate surface area is 327 Å². The second kappa shape index (κ2) is 13.1. The van der Waals surface area contributed by atoms with Crippen molar-refractivity contribution in [3.05, 3.63) is 200 Å². The van der Waals surface area contributed by atoms with Gasteiger partial charge >= 0.3 is 0 Å². The Morgan fingerprint density at radius 1 is 0.327 bits per heavy atom. The Bertz CT molecular complexity index is 3200. The molecule has 3 heteroatoms. The molecule has 0 amide bonds. The highest BCUT2D eigenvalue weighted by Crippen LogP contribution is 2.51. The molecule has 0 aliphatic rings. The molecule has 1 nitrogen and oxygen atoms in total. The van der Waals surface area contributed by atoms with Gasteiger partial charge in [0, 0.05) is 41.3 Å². The van der Waals surface area contributed by atoms with Crippen LogP contribution in [0.15, 0.2) is 200 Å². The number of benzene rings is 9. The number of thiophene rings is 2. The molecule has 11 rings (SSSR count). The van der Waals surface area contributed by atoms with Crippen molar-refractivity contribution in [3.8, 4) is 33.4 Å². The van der Waals surface area contributed by atoms with Crippen LogP contribution in [-0.4, -0.2) is 0 Å². The molecule has 2 heterocycles. The lowest BCUT2D eigenvalue weighted by Crippen LogP contribution is -2.10. The Morgan fingerprint density at radius 2 is 0.927 bits per heavy atom.